The number of urea groups is 1. The van der Waals surface area contributed by atoms with E-state index in [-0.39, 0.29) is 6.03 Å². The molecular weight excluding hydrogens is 410 g/mol. The lowest BCUT2D eigenvalue weighted by atomic mass is 9.88. The van der Waals surface area contributed by atoms with Crippen LogP contribution >= 0.6 is 22.9 Å². The number of hydrogen-bond donors (Lipinski definition) is 1. The number of anilines is 2. The number of aromatic nitrogens is 2. The number of aromatic amines is 1. The summed E-state index contributed by atoms with van der Waals surface area (Å²) in [6.07, 6.45) is 4.21. The van der Waals surface area contributed by atoms with Gasteiger partial charge in [0.15, 0.2) is 5.82 Å². The molecule has 2 aromatic rings. The van der Waals surface area contributed by atoms with Crippen molar-refractivity contribution in [1.29, 1.82) is 0 Å². The zero-order valence-electron chi connectivity index (χ0n) is 16.5. The van der Waals surface area contributed by atoms with Crippen molar-refractivity contribution in [2.24, 2.45) is 0 Å². The Labute approximate surface area is 179 Å². The van der Waals surface area contributed by atoms with Gasteiger partial charge in [-0.25, -0.2) is 4.79 Å². The van der Waals surface area contributed by atoms with Gasteiger partial charge in [0.1, 0.15) is 0 Å². The highest BCUT2D eigenvalue weighted by Gasteiger charge is 2.45. The highest BCUT2D eigenvalue weighted by molar-refractivity contribution is 7.20. The van der Waals surface area contributed by atoms with Crippen LogP contribution < -0.4 is 4.90 Å². The first kappa shape index (κ1) is 19.2. The molecule has 2 bridgehead atoms. The molecule has 7 nitrogen and oxygen atoms in total. The van der Waals surface area contributed by atoms with Crippen LogP contribution in [-0.2, 0) is 4.74 Å². The minimum Gasteiger partial charge on any atom is -0.378 e. The average Bonchev–Trinajstić information content (AvgIpc) is 3.46. The largest absolute Gasteiger partial charge is 0.378 e. The fourth-order valence-electron chi connectivity index (χ4n) is 4.97. The maximum atomic E-state index is 13.1. The van der Waals surface area contributed by atoms with Gasteiger partial charge in [-0.1, -0.05) is 11.6 Å². The van der Waals surface area contributed by atoms with Crippen LogP contribution in [-0.4, -0.2) is 71.5 Å². The topological polar surface area (TPSA) is 64.7 Å². The number of fused-ring (bicyclic) bond motifs is 2. The second-order valence-electron chi connectivity index (χ2n) is 8.16. The number of H-pyrrole nitrogens is 1. The van der Waals surface area contributed by atoms with Crippen LogP contribution in [0.25, 0.3) is 0 Å². The summed E-state index contributed by atoms with van der Waals surface area (Å²) in [4.78, 5) is 19.3. The molecule has 2 atom stereocenters. The van der Waals surface area contributed by atoms with Gasteiger partial charge in [-0.15, -0.1) is 11.3 Å². The van der Waals surface area contributed by atoms with Crippen LogP contribution in [0, 0.1) is 0 Å². The number of nitrogens with zero attached hydrogens (tertiary/aromatic N) is 4. The predicted molar refractivity (Wildman–Crippen MR) is 114 cm³/mol. The van der Waals surface area contributed by atoms with Crippen molar-refractivity contribution in [3.63, 3.8) is 0 Å². The molecule has 1 N–H and O–H groups in total. The Balaban J connectivity index is 1.28. The number of piperidine rings is 1. The summed E-state index contributed by atoms with van der Waals surface area (Å²) in [5.74, 6) is 1.32. The molecule has 0 radical (unpaired) electrons. The minimum absolute atomic E-state index is 0.207. The van der Waals surface area contributed by atoms with Crippen molar-refractivity contribution in [3.8, 4) is 0 Å². The summed E-state index contributed by atoms with van der Waals surface area (Å²) in [6.45, 7) is 2.72. The molecule has 0 spiro atoms. The molecule has 0 aliphatic carbocycles. The molecule has 0 aromatic carbocycles. The molecule has 5 rings (SSSR count). The van der Waals surface area contributed by atoms with Gasteiger partial charge < -0.3 is 19.4 Å². The number of halogens is 1. The summed E-state index contributed by atoms with van der Waals surface area (Å²) >= 11 is 7.62. The molecule has 2 amide bonds. The van der Waals surface area contributed by atoms with E-state index in [0.717, 1.165) is 40.8 Å². The predicted octanol–water partition coefficient (Wildman–Crippen LogP) is 4.06. The van der Waals surface area contributed by atoms with Gasteiger partial charge in [-0.2, -0.15) is 5.10 Å². The van der Waals surface area contributed by atoms with Crippen molar-refractivity contribution in [2.45, 2.75) is 43.7 Å². The highest BCUT2D eigenvalue weighted by atomic mass is 35.5. The summed E-state index contributed by atoms with van der Waals surface area (Å²) in [5, 5.41) is 8.86. The molecule has 3 aliphatic heterocycles. The van der Waals surface area contributed by atoms with Crippen molar-refractivity contribution < 1.29 is 9.53 Å². The van der Waals surface area contributed by atoms with Gasteiger partial charge in [-0.05, 0) is 37.8 Å². The number of morpholine rings is 1. The van der Waals surface area contributed by atoms with E-state index in [9.17, 15) is 4.79 Å². The average molecular weight is 436 g/mol. The zero-order chi connectivity index (χ0) is 20.0. The SMILES string of the molecule is CN(c1cc(C2CC3CCC(C2)N3C(=O)N2CCOCC2)[nH]n1)c1ccc(Cl)s1. The van der Waals surface area contributed by atoms with E-state index in [1.54, 1.807) is 11.3 Å². The Morgan fingerprint density at radius 1 is 1.28 bits per heavy atom. The van der Waals surface area contributed by atoms with Gasteiger partial charge in [0.2, 0.25) is 0 Å². The van der Waals surface area contributed by atoms with E-state index >= 15 is 0 Å². The summed E-state index contributed by atoms with van der Waals surface area (Å²) < 4.78 is 6.18. The molecule has 3 fully saturated rings. The lowest BCUT2D eigenvalue weighted by molar-refractivity contribution is 0.0330. The van der Waals surface area contributed by atoms with Gasteiger partial charge in [0, 0.05) is 49.9 Å². The number of thiophene rings is 1. The molecular formula is C20H26ClN5O2S. The lowest BCUT2D eigenvalue weighted by Gasteiger charge is -2.42. The number of ether oxygens (including phenoxy) is 1. The standard InChI is InChI=1S/C20H26ClN5O2S/c1-24(19-5-4-17(21)29-19)18-12-16(22-23-18)13-10-14-2-3-15(11-13)26(14)20(27)25-6-8-28-9-7-25/h4-5,12-15H,2-3,6-11H2,1H3,(H,22,23). The quantitative estimate of drug-likeness (QED) is 0.789. The molecule has 156 valence electrons. The molecule has 9 heteroatoms. The van der Waals surface area contributed by atoms with Crippen molar-refractivity contribution in [1.82, 2.24) is 20.0 Å². The molecule has 3 aliphatic rings. The van der Waals surface area contributed by atoms with E-state index in [1.165, 1.54) is 5.69 Å². The number of rotatable bonds is 3. The van der Waals surface area contributed by atoms with Crippen LogP contribution in [0.2, 0.25) is 4.34 Å². The fraction of sp³-hybridized carbons (Fsp3) is 0.600. The summed E-state index contributed by atoms with van der Waals surface area (Å²) in [5.41, 5.74) is 1.17. The number of hydrogen-bond acceptors (Lipinski definition) is 5. The highest BCUT2D eigenvalue weighted by Crippen LogP contribution is 2.44. The number of amides is 2. The van der Waals surface area contributed by atoms with Gasteiger partial charge >= 0.3 is 6.03 Å². The molecule has 0 saturated carbocycles. The Bertz CT molecular complexity index is 866. The second-order valence-corrected chi connectivity index (χ2v) is 9.85. The molecule has 3 saturated heterocycles. The van der Waals surface area contributed by atoms with Crippen LogP contribution in [0.4, 0.5) is 15.6 Å². The van der Waals surface area contributed by atoms with Gasteiger partial charge in [0.05, 0.1) is 22.6 Å². The maximum Gasteiger partial charge on any atom is 0.320 e. The minimum atomic E-state index is 0.207. The van der Waals surface area contributed by atoms with Crippen LogP contribution in [0.15, 0.2) is 18.2 Å². The van der Waals surface area contributed by atoms with Gasteiger partial charge in [0.25, 0.3) is 0 Å². The number of carbonyl (C=O) groups is 1. The second kappa shape index (κ2) is 7.81. The molecule has 5 heterocycles. The number of nitrogens with one attached hydrogen (secondary N) is 1. The third kappa shape index (κ3) is 3.62. The Hall–Kier alpha value is -1.77. The molecule has 29 heavy (non-hydrogen) atoms. The third-order valence-electron chi connectivity index (χ3n) is 6.49. The Morgan fingerprint density at radius 3 is 2.66 bits per heavy atom. The molecule has 2 aromatic heterocycles. The third-order valence-corrected chi connectivity index (χ3v) is 7.80. The van der Waals surface area contributed by atoms with Crippen LogP contribution in [0.3, 0.4) is 0 Å². The van der Waals surface area contributed by atoms with Crippen molar-refractivity contribution in [3.05, 3.63) is 28.2 Å². The van der Waals surface area contributed by atoms with Crippen LogP contribution in [0.5, 0.6) is 0 Å². The van der Waals surface area contributed by atoms with Crippen molar-refractivity contribution >= 4 is 39.8 Å². The Morgan fingerprint density at radius 2 is 2.00 bits per heavy atom. The zero-order valence-corrected chi connectivity index (χ0v) is 18.1. The monoisotopic (exact) mass is 435 g/mol. The molecule has 2 unspecified atom stereocenters. The fourth-order valence-corrected chi connectivity index (χ4v) is 5.97. The Kier molecular flexibility index (Phi) is 5.17. The first-order chi connectivity index (χ1) is 14.1. The lowest BCUT2D eigenvalue weighted by Crippen LogP contribution is -2.54. The van der Waals surface area contributed by atoms with E-state index in [4.69, 9.17) is 16.3 Å². The first-order valence-corrected chi connectivity index (χ1v) is 11.5. The number of carbonyl (C=O) groups excluding carboxylic acids is 1. The van der Waals surface area contributed by atoms with E-state index in [2.05, 4.69) is 26.1 Å². The summed E-state index contributed by atoms with van der Waals surface area (Å²) in [7, 11) is 2.01. The normalized spacial score (nSPS) is 26.8. The van der Waals surface area contributed by atoms with Crippen molar-refractivity contribution in [2.75, 3.05) is 38.3 Å². The summed E-state index contributed by atoms with van der Waals surface area (Å²) in [6, 6.07) is 6.93. The van der Waals surface area contributed by atoms with E-state index in [0.29, 0.717) is 44.3 Å². The smallest absolute Gasteiger partial charge is 0.320 e. The van der Waals surface area contributed by atoms with E-state index < -0.39 is 0 Å². The van der Waals surface area contributed by atoms with Gasteiger partial charge in [-0.3, -0.25) is 5.10 Å². The van der Waals surface area contributed by atoms with E-state index in [1.807, 2.05) is 24.1 Å². The first-order valence-electron chi connectivity index (χ1n) is 10.3. The van der Waals surface area contributed by atoms with Crippen LogP contribution in [0.1, 0.15) is 37.3 Å². The maximum absolute atomic E-state index is 13.1.